The number of rotatable bonds is 6. The number of benzene rings is 1. The second-order valence-corrected chi connectivity index (χ2v) is 7.76. The molecule has 1 saturated carbocycles. The number of halogens is 2. The van der Waals surface area contributed by atoms with Crippen LogP contribution in [0.25, 0.3) is 11.4 Å². The van der Waals surface area contributed by atoms with E-state index in [2.05, 4.69) is 4.98 Å². The van der Waals surface area contributed by atoms with Gasteiger partial charge in [0.05, 0.1) is 13.2 Å². The molecule has 0 spiro atoms. The van der Waals surface area contributed by atoms with Crippen molar-refractivity contribution in [2.24, 2.45) is 11.8 Å². The molecule has 2 unspecified atom stereocenters. The number of methoxy groups -OCH3 is 1. The highest BCUT2D eigenvalue weighted by Gasteiger charge is 2.44. The molecule has 1 fully saturated rings. The Morgan fingerprint density at radius 1 is 1.19 bits per heavy atom. The van der Waals surface area contributed by atoms with E-state index in [0.29, 0.717) is 25.3 Å². The predicted octanol–water partition coefficient (Wildman–Crippen LogP) is 2.83. The van der Waals surface area contributed by atoms with Gasteiger partial charge in [0.25, 0.3) is 5.56 Å². The number of fused-ring (bicyclic) bond motifs is 2. The smallest absolute Gasteiger partial charge is 0.265 e. The van der Waals surface area contributed by atoms with Gasteiger partial charge in [0, 0.05) is 36.8 Å². The molecule has 0 aliphatic heterocycles. The molecule has 0 radical (unpaired) electrons. The molecule has 1 heterocycles. The molecule has 2 aromatic rings. The first-order valence-electron chi connectivity index (χ1n) is 9.89. The third-order valence-electron chi connectivity index (χ3n) is 5.85. The van der Waals surface area contributed by atoms with Crippen LogP contribution in [0.4, 0.5) is 8.78 Å². The molecule has 9 heteroatoms. The lowest BCUT2D eigenvalue weighted by atomic mass is 9.83. The zero-order valence-electron chi connectivity index (χ0n) is 16.7. The molecule has 31 heavy (non-hydrogen) atoms. The van der Waals surface area contributed by atoms with Crippen LogP contribution in [0.5, 0.6) is 0 Å². The van der Waals surface area contributed by atoms with Crippen LogP contribution in [0, 0.1) is 23.5 Å². The van der Waals surface area contributed by atoms with Crippen LogP contribution >= 0.6 is 0 Å². The Hall–Kier alpha value is -3.20. The molecule has 2 aliphatic rings. The summed E-state index contributed by atoms with van der Waals surface area (Å²) in [6.45, 7) is 0.0300. The standard InChI is InChI=1S/C22H20F2N2O5/c1-31-5-4-26-21(13-7-14(23)9-15(24)8-13)25-10-16(22(26)30)20(29)17-18(27)11-2-3-12(6-11)19(17)28/h7-12,27H,2-6H2,1H3. The van der Waals surface area contributed by atoms with Crippen LogP contribution in [-0.4, -0.2) is 39.9 Å². The zero-order valence-corrected chi connectivity index (χ0v) is 16.7. The summed E-state index contributed by atoms with van der Waals surface area (Å²) in [7, 11) is 1.41. The van der Waals surface area contributed by atoms with E-state index in [9.17, 15) is 28.3 Å². The van der Waals surface area contributed by atoms with Crippen LogP contribution in [0.3, 0.4) is 0 Å². The van der Waals surface area contributed by atoms with Crippen molar-refractivity contribution < 1.29 is 28.2 Å². The maximum atomic E-state index is 13.7. The number of hydrogen-bond acceptors (Lipinski definition) is 6. The van der Waals surface area contributed by atoms with E-state index in [0.717, 1.165) is 22.9 Å². The van der Waals surface area contributed by atoms with Crippen molar-refractivity contribution in [3.8, 4) is 11.4 Å². The zero-order chi connectivity index (χ0) is 22.3. The molecule has 2 atom stereocenters. The second-order valence-electron chi connectivity index (χ2n) is 7.76. The van der Waals surface area contributed by atoms with E-state index < -0.39 is 34.3 Å². The number of Topliss-reactive ketones (excluding diaryl/α,β-unsaturated/α-hetero) is 2. The van der Waals surface area contributed by atoms with E-state index >= 15 is 0 Å². The Bertz CT molecular complexity index is 1150. The summed E-state index contributed by atoms with van der Waals surface area (Å²) in [4.78, 5) is 43.0. The van der Waals surface area contributed by atoms with E-state index in [-0.39, 0.29) is 47.7 Å². The molecular formula is C22H20F2N2O5. The van der Waals surface area contributed by atoms with Crippen molar-refractivity contribution in [3.63, 3.8) is 0 Å². The van der Waals surface area contributed by atoms with Crippen molar-refractivity contribution >= 4 is 11.6 Å². The average Bonchev–Trinajstić information content (AvgIpc) is 3.18. The topological polar surface area (TPSA) is 98.5 Å². The fraction of sp³-hybridized carbons (Fsp3) is 0.364. The minimum absolute atomic E-state index is 0.0125. The van der Waals surface area contributed by atoms with E-state index in [1.54, 1.807) is 0 Å². The predicted molar refractivity (Wildman–Crippen MR) is 106 cm³/mol. The first kappa shape index (κ1) is 21.0. The van der Waals surface area contributed by atoms with Crippen LogP contribution in [0.2, 0.25) is 0 Å². The van der Waals surface area contributed by atoms with Gasteiger partial charge in [-0.05, 0) is 31.4 Å². The minimum atomic E-state index is -0.889. The number of aromatic nitrogens is 2. The average molecular weight is 430 g/mol. The molecular weight excluding hydrogens is 410 g/mol. The number of ether oxygens (including phenoxy) is 1. The van der Waals surface area contributed by atoms with Gasteiger partial charge in [0.15, 0.2) is 5.78 Å². The lowest BCUT2D eigenvalue weighted by Crippen LogP contribution is -2.34. The van der Waals surface area contributed by atoms with Crippen molar-refractivity contribution in [2.45, 2.75) is 25.8 Å². The van der Waals surface area contributed by atoms with Gasteiger partial charge >= 0.3 is 0 Å². The van der Waals surface area contributed by atoms with Crippen molar-refractivity contribution in [2.75, 3.05) is 13.7 Å². The van der Waals surface area contributed by atoms with E-state index in [1.807, 2.05) is 0 Å². The molecule has 0 amide bonds. The SMILES string of the molecule is COCCn1c(-c2cc(F)cc(F)c2)ncc(C(=O)C2=C(O)C3CCC(C3)C2=O)c1=O. The largest absolute Gasteiger partial charge is 0.511 e. The number of allylic oxidation sites excluding steroid dienone is 2. The van der Waals surface area contributed by atoms with Gasteiger partial charge in [-0.3, -0.25) is 19.0 Å². The Morgan fingerprint density at radius 3 is 2.55 bits per heavy atom. The summed E-state index contributed by atoms with van der Waals surface area (Å²) in [5.41, 5.74) is -1.53. The molecule has 0 saturated heterocycles. The van der Waals surface area contributed by atoms with Gasteiger partial charge in [-0.1, -0.05) is 0 Å². The number of carbonyl (C=O) groups is 2. The number of aliphatic hydroxyl groups excluding tert-OH is 1. The Labute approximate surface area is 176 Å². The summed E-state index contributed by atoms with van der Waals surface area (Å²) < 4.78 is 33.5. The maximum Gasteiger partial charge on any atom is 0.265 e. The lowest BCUT2D eigenvalue weighted by molar-refractivity contribution is -0.119. The highest BCUT2D eigenvalue weighted by molar-refractivity contribution is 6.27. The maximum absolute atomic E-state index is 13.7. The number of carbonyl (C=O) groups excluding carboxylic acids is 2. The molecule has 2 bridgehead atoms. The number of nitrogens with zero attached hydrogens (tertiary/aromatic N) is 2. The van der Waals surface area contributed by atoms with Crippen molar-refractivity contribution in [3.05, 3.63) is 63.3 Å². The lowest BCUT2D eigenvalue weighted by Gasteiger charge is -2.21. The Balaban J connectivity index is 1.83. The summed E-state index contributed by atoms with van der Waals surface area (Å²) in [6, 6.07) is 2.73. The van der Waals surface area contributed by atoms with Crippen molar-refractivity contribution in [1.29, 1.82) is 0 Å². The van der Waals surface area contributed by atoms with Gasteiger partial charge in [-0.25, -0.2) is 13.8 Å². The second kappa shape index (κ2) is 8.14. The van der Waals surface area contributed by atoms with Crippen LogP contribution < -0.4 is 5.56 Å². The normalized spacial score (nSPS) is 20.4. The monoisotopic (exact) mass is 430 g/mol. The van der Waals surface area contributed by atoms with Gasteiger partial charge in [-0.2, -0.15) is 0 Å². The Morgan fingerprint density at radius 2 is 1.87 bits per heavy atom. The van der Waals surface area contributed by atoms with Crippen LogP contribution in [-0.2, 0) is 16.1 Å². The molecule has 1 N–H and O–H groups in total. The van der Waals surface area contributed by atoms with Gasteiger partial charge < -0.3 is 9.84 Å². The fourth-order valence-electron chi connectivity index (χ4n) is 4.32. The molecule has 1 aromatic carbocycles. The fourth-order valence-corrected chi connectivity index (χ4v) is 4.32. The summed E-state index contributed by atoms with van der Waals surface area (Å²) in [5.74, 6) is -3.97. The first-order valence-corrected chi connectivity index (χ1v) is 9.89. The highest BCUT2D eigenvalue weighted by Crippen LogP contribution is 2.42. The number of hydrogen-bond donors (Lipinski definition) is 1. The van der Waals surface area contributed by atoms with Gasteiger partial charge in [0.1, 0.15) is 34.4 Å². The van der Waals surface area contributed by atoms with E-state index in [1.165, 1.54) is 7.11 Å². The molecule has 4 rings (SSSR count). The molecule has 7 nitrogen and oxygen atoms in total. The van der Waals surface area contributed by atoms with Gasteiger partial charge in [-0.15, -0.1) is 0 Å². The first-order chi connectivity index (χ1) is 14.8. The summed E-state index contributed by atoms with van der Waals surface area (Å²) in [5, 5.41) is 10.5. The van der Waals surface area contributed by atoms with Crippen LogP contribution in [0.1, 0.15) is 29.6 Å². The molecule has 1 aromatic heterocycles. The van der Waals surface area contributed by atoms with Gasteiger partial charge in [0.2, 0.25) is 5.78 Å². The number of ketones is 2. The summed E-state index contributed by atoms with van der Waals surface area (Å²) in [6.07, 6.45) is 2.68. The molecule has 2 aliphatic carbocycles. The minimum Gasteiger partial charge on any atom is -0.511 e. The Kier molecular flexibility index (Phi) is 5.53. The third-order valence-corrected chi connectivity index (χ3v) is 5.85. The quantitative estimate of drug-likeness (QED) is 0.559. The number of aliphatic hydroxyl groups is 1. The highest BCUT2D eigenvalue weighted by atomic mass is 19.1. The van der Waals surface area contributed by atoms with Crippen LogP contribution in [0.15, 0.2) is 40.5 Å². The summed E-state index contributed by atoms with van der Waals surface area (Å²) >= 11 is 0. The van der Waals surface area contributed by atoms with E-state index in [4.69, 9.17) is 4.74 Å². The molecule has 162 valence electrons. The third kappa shape index (κ3) is 3.69. The van der Waals surface area contributed by atoms with Crippen molar-refractivity contribution in [1.82, 2.24) is 9.55 Å².